The van der Waals surface area contributed by atoms with Crippen molar-refractivity contribution in [3.63, 3.8) is 0 Å². The number of hydrogen-bond acceptors (Lipinski definition) is 4. The van der Waals surface area contributed by atoms with Gasteiger partial charge < -0.3 is 14.7 Å². The van der Waals surface area contributed by atoms with Gasteiger partial charge in [0.05, 0.1) is 11.0 Å². The van der Waals surface area contributed by atoms with Crippen molar-refractivity contribution in [2.45, 2.75) is 20.0 Å². The van der Waals surface area contributed by atoms with Crippen molar-refractivity contribution in [1.29, 1.82) is 0 Å². The SMILES string of the molecule is CCn1c(=O)n(CC(=O)N(C)c2ccc(OCC(=O)O)cc2)c2ccccc21. The molecule has 0 aliphatic carbocycles. The van der Waals surface area contributed by atoms with Gasteiger partial charge in [0, 0.05) is 19.3 Å². The summed E-state index contributed by atoms with van der Waals surface area (Å²) in [4.78, 5) is 37.4. The Hall–Kier alpha value is -3.55. The van der Waals surface area contributed by atoms with Crippen molar-refractivity contribution in [1.82, 2.24) is 9.13 Å². The van der Waals surface area contributed by atoms with Gasteiger partial charge in [-0.05, 0) is 43.3 Å². The van der Waals surface area contributed by atoms with E-state index < -0.39 is 12.6 Å². The van der Waals surface area contributed by atoms with E-state index in [1.807, 2.05) is 31.2 Å². The number of rotatable bonds is 7. The van der Waals surface area contributed by atoms with Crippen molar-refractivity contribution >= 4 is 28.6 Å². The molecule has 0 atom stereocenters. The zero-order chi connectivity index (χ0) is 20.3. The predicted molar refractivity (Wildman–Crippen MR) is 105 cm³/mol. The number of amides is 1. The molecule has 0 fully saturated rings. The van der Waals surface area contributed by atoms with Gasteiger partial charge in [0.1, 0.15) is 12.3 Å². The Labute approximate surface area is 161 Å². The molecule has 8 nitrogen and oxygen atoms in total. The number of aliphatic carboxylic acids is 1. The lowest BCUT2D eigenvalue weighted by molar-refractivity contribution is -0.139. The Morgan fingerprint density at radius 2 is 1.64 bits per heavy atom. The van der Waals surface area contributed by atoms with Gasteiger partial charge in [-0.25, -0.2) is 9.59 Å². The average molecular weight is 383 g/mol. The van der Waals surface area contributed by atoms with E-state index in [4.69, 9.17) is 9.84 Å². The number of carbonyl (C=O) groups excluding carboxylic acids is 1. The number of ether oxygens (including phenoxy) is 1. The second-order valence-corrected chi connectivity index (χ2v) is 6.23. The standard InChI is InChI=1S/C20H21N3O5/c1-3-22-16-6-4-5-7-17(16)23(20(22)27)12-18(24)21(2)14-8-10-15(11-9-14)28-13-19(25)26/h4-11H,3,12-13H2,1-2H3,(H,25,26). The Balaban J connectivity index is 1.80. The molecule has 1 heterocycles. The fourth-order valence-electron chi connectivity index (χ4n) is 3.03. The minimum Gasteiger partial charge on any atom is -0.482 e. The van der Waals surface area contributed by atoms with Crippen LogP contribution in [0.2, 0.25) is 0 Å². The Morgan fingerprint density at radius 1 is 1.04 bits per heavy atom. The fourth-order valence-corrected chi connectivity index (χ4v) is 3.03. The molecule has 3 rings (SSSR count). The van der Waals surface area contributed by atoms with Crippen molar-refractivity contribution in [2.24, 2.45) is 0 Å². The molecule has 0 aliphatic rings. The van der Waals surface area contributed by atoms with E-state index in [0.717, 1.165) is 5.52 Å². The van der Waals surface area contributed by atoms with Crippen LogP contribution in [-0.2, 0) is 22.7 Å². The number of nitrogens with zero attached hydrogens (tertiary/aromatic N) is 3. The maximum absolute atomic E-state index is 12.8. The zero-order valence-electron chi connectivity index (χ0n) is 15.7. The van der Waals surface area contributed by atoms with Crippen LogP contribution < -0.4 is 15.3 Å². The molecule has 1 N–H and O–H groups in total. The molecule has 0 aliphatic heterocycles. The number of anilines is 1. The topological polar surface area (TPSA) is 93.8 Å². The van der Waals surface area contributed by atoms with Gasteiger partial charge in [-0.15, -0.1) is 0 Å². The molecule has 0 unspecified atom stereocenters. The minimum atomic E-state index is -1.06. The summed E-state index contributed by atoms with van der Waals surface area (Å²) < 4.78 is 8.20. The molecule has 0 bridgehead atoms. The number of likely N-dealkylation sites (N-methyl/N-ethyl adjacent to an activating group) is 1. The molecule has 0 saturated carbocycles. The highest BCUT2D eigenvalue weighted by atomic mass is 16.5. The molecule has 2 aromatic carbocycles. The molecule has 0 saturated heterocycles. The second-order valence-electron chi connectivity index (χ2n) is 6.23. The van der Waals surface area contributed by atoms with Crippen LogP contribution in [-0.4, -0.2) is 39.8 Å². The zero-order valence-corrected chi connectivity index (χ0v) is 15.7. The molecule has 28 heavy (non-hydrogen) atoms. The van der Waals surface area contributed by atoms with E-state index in [0.29, 0.717) is 23.5 Å². The van der Waals surface area contributed by atoms with Crippen LogP contribution >= 0.6 is 0 Å². The number of benzene rings is 2. The van der Waals surface area contributed by atoms with Gasteiger partial charge in [0.15, 0.2) is 6.61 Å². The van der Waals surface area contributed by atoms with Gasteiger partial charge in [-0.3, -0.25) is 13.9 Å². The van der Waals surface area contributed by atoms with Crippen LogP contribution in [0.5, 0.6) is 5.75 Å². The summed E-state index contributed by atoms with van der Waals surface area (Å²) in [5.41, 5.74) is 1.90. The number of carboxylic acids is 1. The Morgan fingerprint density at radius 3 is 2.21 bits per heavy atom. The molecular formula is C20H21N3O5. The van der Waals surface area contributed by atoms with E-state index in [1.54, 1.807) is 35.9 Å². The van der Waals surface area contributed by atoms with Crippen LogP contribution in [0.15, 0.2) is 53.3 Å². The fraction of sp³-hybridized carbons (Fsp3) is 0.250. The van der Waals surface area contributed by atoms with E-state index in [-0.39, 0.29) is 18.1 Å². The number of aryl methyl sites for hydroxylation is 1. The van der Waals surface area contributed by atoms with Gasteiger partial charge >= 0.3 is 11.7 Å². The summed E-state index contributed by atoms with van der Waals surface area (Å²) in [5.74, 6) is -0.914. The number of carboxylic acid groups (broad SMARTS) is 1. The number of hydrogen-bond donors (Lipinski definition) is 1. The van der Waals surface area contributed by atoms with Crippen LogP contribution in [0.4, 0.5) is 5.69 Å². The average Bonchev–Trinajstić information content (AvgIpc) is 2.97. The van der Waals surface area contributed by atoms with Crippen LogP contribution in [0.3, 0.4) is 0 Å². The predicted octanol–water partition coefficient (Wildman–Crippen LogP) is 1.95. The summed E-state index contributed by atoms with van der Waals surface area (Å²) >= 11 is 0. The van der Waals surface area contributed by atoms with E-state index >= 15 is 0 Å². The number of para-hydroxylation sites is 2. The summed E-state index contributed by atoms with van der Waals surface area (Å²) in [5, 5.41) is 8.64. The van der Waals surface area contributed by atoms with Gasteiger partial charge in [0.25, 0.3) is 0 Å². The Kier molecular flexibility index (Phi) is 5.49. The lowest BCUT2D eigenvalue weighted by Crippen LogP contribution is -2.34. The quantitative estimate of drug-likeness (QED) is 0.673. The van der Waals surface area contributed by atoms with Crippen molar-refractivity contribution in [3.8, 4) is 5.75 Å². The van der Waals surface area contributed by atoms with E-state index in [9.17, 15) is 14.4 Å². The second kappa shape index (κ2) is 7.99. The van der Waals surface area contributed by atoms with Crippen molar-refractivity contribution in [2.75, 3.05) is 18.6 Å². The Bertz CT molecular complexity index is 1070. The molecule has 1 aromatic heterocycles. The summed E-state index contributed by atoms with van der Waals surface area (Å²) in [7, 11) is 1.62. The third kappa shape index (κ3) is 3.75. The highest BCUT2D eigenvalue weighted by Gasteiger charge is 2.17. The number of aromatic nitrogens is 2. The van der Waals surface area contributed by atoms with Crippen LogP contribution in [0.25, 0.3) is 11.0 Å². The molecular weight excluding hydrogens is 362 g/mol. The largest absolute Gasteiger partial charge is 0.482 e. The first kappa shape index (κ1) is 19.2. The van der Waals surface area contributed by atoms with Gasteiger partial charge in [-0.1, -0.05) is 12.1 Å². The highest BCUT2D eigenvalue weighted by molar-refractivity contribution is 5.93. The first-order valence-corrected chi connectivity index (χ1v) is 8.81. The molecule has 0 radical (unpaired) electrons. The number of carbonyl (C=O) groups is 2. The number of fused-ring (bicyclic) bond motifs is 1. The molecule has 146 valence electrons. The smallest absolute Gasteiger partial charge is 0.341 e. The summed E-state index contributed by atoms with van der Waals surface area (Å²) in [6.45, 7) is 1.90. The van der Waals surface area contributed by atoms with Crippen LogP contribution in [0, 0.1) is 0 Å². The normalized spacial score (nSPS) is 10.8. The van der Waals surface area contributed by atoms with Crippen molar-refractivity contribution < 1.29 is 19.4 Å². The lowest BCUT2D eigenvalue weighted by Gasteiger charge is -2.18. The van der Waals surface area contributed by atoms with E-state index in [1.165, 1.54) is 9.47 Å². The van der Waals surface area contributed by atoms with Gasteiger partial charge in [-0.2, -0.15) is 0 Å². The van der Waals surface area contributed by atoms with Crippen LogP contribution in [0.1, 0.15) is 6.92 Å². The third-order valence-electron chi connectivity index (χ3n) is 4.50. The monoisotopic (exact) mass is 383 g/mol. The summed E-state index contributed by atoms with van der Waals surface area (Å²) in [6.07, 6.45) is 0. The lowest BCUT2D eigenvalue weighted by atomic mass is 10.2. The third-order valence-corrected chi connectivity index (χ3v) is 4.50. The molecule has 1 amide bonds. The maximum atomic E-state index is 12.8. The summed E-state index contributed by atoms with van der Waals surface area (Å²) in [6, 6.07) is 13.9. The van der Waals surface area contributed by atoms with E-state index in [2.05, 4.69) is 0 Å². The molecule has 0 spiro atoms. The maximum Gasteiger partial charge on any atom is 0.341 e. The highest BCUT2D eigenvalue weighted by Crippen LogP contribution is 2.19. The van der Waals surface area contributed by atoms with Gasteiger partial charge in [0.2, 0.25) is 5.91 Å². The van der Waals surface area contributed by atoms with Crippen molar-refractivity contribution in [3.05, 3.63) is 59.0 Å². The minimum absolute atomic E-state index is 0.0832. The first-order valence-electron chi connectivity index (χ1n) is 8.81. The number of imidazole rings is 1. The molecule has 8 heteroatoms. The first-order chi connectivity index (χ1) is 13.4. The molecule has 3 aromatic rings.